The molecule has 0 aromatic carbocycles. The van der Waals surface area contributed by atoms with E-state index in [4.69, 9.17) is 5.26 Å². The van der Waals surface area contributed by atoms with Crippen molar-refractivity contribution >= 4 is 21.9 Å². The standard InChI is InChI=1S/C3H6NOP.ClH/c1-3(2-4)5-6;/h3H,6H2,1H3;1H. The summed E-state index contributed by atoms with van der Waals surface area (Å²) in [5.41, 5.74) is 0. The van der Waals surface area contributed by atoms with Gasteiger partial charge in [0, 0.05) is 9.47 Å². The van der Waals surface area contributed by atoms with E-state index in [1.807, 2.05) is 15.5 Å². The summed E-state index contributed by atoms with van der Waals surface area (Å²) < 4.78 is 4.45. The van der Waals surface area contributed by atoms with Crippen molar-refractivity contribution in [1.82, 2.24) is 0 Å². The third kappa shape index (κ3) is 6.17. The largest absolute Gasteiger partial charge is 0.348 e. The van der Waals surface area contributed by atoms with Crippen LogP contribution in [0.2, 0.25) is 0 Å². The summed E-state index contributed by atoms with van der Waals surface area (Å²) in [5, 5.41) is 7.95. The van der Waals surface area contributed by atoms with Gasteiger partial charge < -0.3 is 4.52 Å². The Kier molecular flexibility index (Phi) is 9.00. The van der Waals surface area contributed by atoms with Crippen LogP contribution in [0.15, 0.2) is 0 Å². The van der Waals surface area contributed by atoms with Gasteiger partial charge in [-0.2, -0.15) is 5.26 Å². The zero-order chi connectivity index (χ0) is 4.99. The molecule has 0 saturated heterocycles. The Hall–Kier alpha value is 0.170. The second kappa shape index (κ2) is 6.17. The highest BCUT2D eigenvalue weighted by atomic mass is 35.5. The van der Waals surface area contributed by atoms with Crippen molar-refractivity contribution in [2.75, 3.05) is 0 Å². The lowest BCUT2D eigenvalue weighted by molar-refractivity contribution is 0.326. The SMILES string of the molecule is CC(C#N)OP.Cl. The van der Waals surface area contributed by atoms with E-state index in [-0.39, 0.29) is 18.5 Å². The molecular formula is C3H7ClNOP. The van der Waals surface area contributed by atoms with Crippen LogP contribution in [0.3, 0.4) is 0 Å². The first-order valence-electron chi connectivity index (χ1n) is 1.56. The van der Waals surface area contributed by atoms with Crippen molar-refractivity contribution in [1.29, 1.82) is 5.26 Å². The normalized spacial score (nSPS) is 11.0. The Morgan fingerprint density at radius 1 is 1.86 bits per heavy atom. The number of nitrogens with zero attached hydrogens (tertiary/aromatic N) is 1. The van der Waals surface area contributed by atoms with Crippen molar-refractivity contribution in [3.05, 3.63) is 0 Å². The molecule has 2 atom stereocenters. The summed E-state index contributed by atoms with van der Waals surface area (Å²) in [4.78, 5) is 0. The fourth-order valence-electron chi connectivity index (χ4n) is 0.0304. The zero-order valence-corrected chi connectivity index (χ0v) is 5.89. The molecule has 0 saturated carbocycles. The van der Waals surface area contributed by atoms with Gasteiger partial charge in [0.25, 0.3) is 0 Å². The summed E-state index contributed by atoms with van der Waals surface area (Å²) in [6, 6.07) is 1.87. The molecular weight excluding hydrogens is 132 g/mol. The fraction of sp³-hybridized carbons (Fsp3) is 0.667. The first-order chi connectivity index (χ1) is 2.81. The van der Waals surface area contributed by atoms with Crippen molar-refractivity contribution in [2.24, 2.45) is 0 Å². The molecule has 0 fully saturated rings. The Bertz CT molecular complexity index is 71.8. The highest BCUT2D eigenvalue weighted by Crippen LogP contribution is 1.91. The summed E-state index contributed by atoms with van der Waals surface area (Å²) in [6.07, 6.45) is -0.296. The van der Waals surface area contributed by atoms with Crippen LogP contribution in [-0.2, 0) is 4.52 Å². The first kappa shape index (κ1) is 10.2. The minimum Gasteiger partial charge on any atom is -0.348 e. The van der Waals surface area contributed by atoms with Crippen LogP contribution in [-0.4, -0.2) is 6.10 Å². The van der Waals surface area contributed by atoms with E-state index in [9.17, 15) is 0 Å². The maximum Gasteiger partial charge on any atom is 0.144 e. The fourth-order valence-corrected chi connectivity index (χ4v) is 0.0913. The van der Waals surface area contributed by atoms with Crippen LogP contribution in [0.4, 0.5) is 0 Å². The molecule has 0 aliphatic rings. The van der Waals surface area contributed by atoms with E-state index in [1.165, 1.54) is 0 Å². The van der Waals surface area contributed by atoms with E-state index in [1.54, 1.807) is 6.92 Å². The molecule has 2 nitrogen and oxygen atoms in total. The summed E-state index contributed by atoms with van der Waals surface area (Å²) in [7, 11) is 2.02. The summed E-state index contributed by atoms with van der Waals surface area (Å²) >= 11 is 0. The minimum absolute atomic E-state index is 0. The van der Waals surface area contributed by atoms with Gasteiger partial charge >= 0.3 is 0 Å². The lowest BCUT2D eigenvalue weighted by Gasteiger charge is -1.91. The van der Waals surface area contributed by atoms with E-state index in [0.717, 1.165) is 0 Å². The maximum absolute atomic E-state index is 7.95. The van der Waals surface area contributed by atoms with Gasteiger partial charge in [-0.1, -0.05) is 0 Å². The minimum atomic E-state index is -0.296. The molecule has 4 heteroatoms. The molecule has 7 heavy (non-hydrogen) atoms. The van der Waals surface area contributed by atoms with E-state index < -0.39 is 0 Å². The Labute approximate surface area is 51.5 Å². The van der Waals surface area contributed by atoms with Crippen LogP contribution >= 0.6 is 21.9 Å². The van der Waals surface area contributed by atoms with Crippen LogP contribution < -0.4 is 0 Å². The second-order valence-corrected chi connectivity index (χ2v) is 1.18. The molecule has 0 amide bonds. The Balaban J connectivity index is 0. The molecule has 0 aliphatic carbocycles. The molecule has 42 valence electrons. The highest BCUT2D eigenvalue weighted by molar-refractivity contribution is 7.09. The topological polar surface area (TPSA) is 33.0 Å². The number of hydrogen-bond donors (Lipinski definition) is 0. The van der Waals surface area contributed by atoms with Gasteiger partial charge in [0.15, 0.2) is 0 Å². The monoisotopic (exact) mass is 139 g/mol. The molecule has 0 spiro atoms. The highest BCUT2D eigenvalue weighted by Gasteiger charge is 1.88. The molecule has 0 bridgehead atoms. The molecule has 0 rings (SSSR count). The quantitative estimate of drug-likeness (QED) is 0.510. The lowest BCUT2D eigenvalue weighted by atomic mass is 10.5. The zero-order valence-electron chi connectivity index (χ0n) is 3.92. The Morgan fingerprint density at radius 3 is 2.29 bits per heavy atom. The number of halogens is 1. The van der Waals surface area contributed by atoms with Crippen LogP contribution in [0.25, 0.3) is 0 Å². The van der Waals surface area contributed by atoms with E-state index in [2.05, 4.69) is 4.52 Å². The van der Waals surface area contributed by atoms with Gasteiger partial charge in [0.2, 0.25) is 0 Å². The van der Waals surface area contributed by atoms with Gasteiger partial charge in [-0.25, -0.2) is 0 Å². The predicted octanol–water partition coefficient (Wildman–Crippen LogP) is 1.13. The van der Waals surface area contributed by atoms with Gasteiger partial charge in [0.1, 0.15) is 6.10 Å². The number of hydrogen-bond acceptors (Lipinski definition) is 2. The third-order valence-corrected chi connectivity index (χ3v) is 0.794. The van der Waals surface area contributed by atoms with Crippen molar-refractivity contribution in [3.8, 4) is 6.07 Å². The van der Waals surface area contributed by atoms with E-state index >= 15 is 0 Å². The lowest BCUT2D eigenvalue weighted by Crippen LogP contribution is -1.92. The van der Waals surface area contributed by atoms with Gasteiger partial charge in [-0.05, 0) is 6.92 Å². The third-order valence-electron chi connectivity index (χ3n) is 0.386. The van der Waals surface area contributed by atoms with Crippen LogP contribution in [0, 0.1) is 11.3 Å². The summed E-state index contributed by atoms with van der Waals surface area (Å²) in [5.74, 6) is 0. The summed E-state index contributed by atoms with van der Waals surface area (Å²) in [6.45, 7) is 1.67. The molecule has 0 N–H and O–H groups in total. The number of nitriles is 1. The maximum atomic E-state index is 7.95. The van der Waals surface area contributed by atoms with Crippen molar-refractivity contribution in [3.63, 3.8) is 0 Å². The Morgan fingerprint density at radius 2 is 2.29 bits per heavy atom. The van der Waals surface area contributed by atoms with Crippen molar-refractivity contribution in [2.45, 2.75) is 13.0 Å². The second-order valence-electron chi connectivity index (χ2n) is 0.907. The molecule has 0 aromatic rings. The predicted molar refractivity (Wildman–Crippen MR) is 33.1 cm³/mol. The first-order valence-corrected chi connectivity index (χ1v) is 2.03. The van der Waals surface area contributed by atoms with Crippen LogP contribution in [0.5, 0.6) is 0 Å². The molecule has 2 unspecified atom stereocenters. The molecule has 0 radical (unpaired) electrons. The van der Waals surface area contributed by atoms with Gasteiger partial charge in [-0.15, -0.1) is 12.4 Å². The van der Waals surface area contributed by atoms with Gasteiger partial charge in [0.05, 0.1) is 6.07 Å². The molecule has 0 aliphatic heterocycles. The average Bonchev–Trinajstić information content (AvgIpc) is 1.65. The molecule has 0 aromatic heterocycles. The molecule has 0 heterocycles. The average molecular weight is 140 g/mol. The number of rotatable bonds is 1. The van der Waals surface area contributed by atoms with Crippen LogP contribution in [0.1, 0.15) is 6.92 Å². The smallest absolute Gasteiger partial charge is 0.144 e. The van der Waals surface area contributed by atoms with Gasteiger partial charge in [-0.3, -0.25) is 0 Å². The van der Waals surface area contributed by atoms with Crippen molar-refractivity contribution < 1.29 is 4.52 Å². The van der Waals surface area contributed by atoms with E-state index in [0.29, 0.717) is 0 Å².